The number of nitrogens with one attached hydrogen (secondary N) is 3. The monoisotopic (exact) mass is 275 g/mol. The van der Waals surface area contributed by atoms with E-state index in [9.17, 15) is 14.4 Å². The highest BCUT2D eigenvalue weighted by molar-refractivity contribution is 6.04. The van der Waals surface area contributed by atoms with Gasteiger partial charge in [0.2, 0.25) is 5.91 Å². The first kappa shape index (κ1) is 14.0. The van der Waals surface area contributed by atoms with Crippen molar-refractivity contribution in [3.63, 3.8) is 0 Å². The second kappa shape index (κ2) is 5.73. The molecule has 6 nitrogen and oxygen atoms in total. The second-order valence-electron chi connectivity index (χ2n) is 4.90. The zero-order chi connectivity index (χ0) is 14.7. The number of urea groups is 1. The van der Waals surface area contributed by atoms with Gasteiger partial charge in [-0.2, -0.15) is 0 Å². The van der Waals surface area contributed by atoms with Crippen molar-refractivity contribution in [1.82, 2.24) is 10.6 Å². The standard InChI is InChI=1S/C14H17N3O3/c1-8-3-4-10(7-9(8)2)15-12(18)6-5-11-13(19)17-14(20)16-11/h3-4,7,11H,5-6H2,1-2H3,(H,15,18)(H2,16,17,19,20)/t11-/m1/s1. The van der Waals surface area contributed by atoms with Gasteiger partial charge in [0.25, 0.3) is 5.91 Å². The Morgan fingerprint density at radius 2 is 2.00 bits per heavy atom. The summed E-state index contributed by atoms with van der Waals surface area (Å²) in [5.74, 6) is -0.559. The van der Waals surface area contributed by atoms with Gasteiger partial charge in [-0.25, -0.2) is 4.79 Å². The molecule has 1 atom stereocenters. The molecule has 0 unspecified atom stereocenters. The first-order chi connectivity index (χ1) is 9.45. The van der Waals surface area contributed by atoms with Crippen molar-refractivity contribution in [2.75, 3.05) is 5.32 Å². The van der Waals surface area contributed by atoms with Crippen LogP contribution in [0.5, 0.6) is 0 Å². The number of anilines is 1. The lowest BCUT2D eigenvalue weighted by Gasteiger charge is -2.09. The minimum Gasteiger partial charge on any atom is -0.326 e. The van der Waals surface area contributed by atoms with E-state index < -0.39 is 12.1 Å². The van der Waals surface area contributed by atoms with Crippen molar-refractivity contribution in [1.29, 1.82) is 0 Å². The third kappa shape index (κ3) is 3.34. The van der Waals surface area contributed by atoms with Crippen molar-refractivity contribution >= 4 is 23.5 Å². The second-order valence-corrected chi connectivity index (χ2v) is 4.90. The largest absolute Gasteiger partial charge is 0.326 e. The van der Waals surface area contributed by atoms with Gasteiger partial charge in [0, 0.05) is 12.1 Å². The van der Waals surface area contributed by atoms with Crippen LogP contribution >= 0.6 is 0 Å². The molecule has 1 aromatic rings. The van der Waals surface area contributed by atoms with Crippen molar-refractivity contribution in [2.45, 2.75) is 32.7 Å². The fourth-order valence-electron chi connectivity index (χ4n) is 1.98. The molecule has 1 fully saturated rings. The number of rotatable bonds is 4. The summed E-state index contributed by atoms with van der Waals surface area (Å²) in [5, 5.41) is 7.37. The van der Waals surface area contributed by atoms with E-state index in [0.717, 1.165) is 16.8 Å². The molecule has 0 spiro atoms. The maximum Gasteiger partial charge on any atom is 0.322 e. The molecule has 0 aromatic heterocycles. The Bertz CT molecular complexity index is 569. The van der Waals surface area contributed by atoms with Crippen molar-refractivity contribution in [2.24, 2.45) is 0 Å². The minimum atomic E-state index is -0.618. The Kier molecular flexibility index (Phi) is 4.02. The minimum absolute atomic E-state index is 0.172. The van der Waals surface area contributed by atoms with Gasteiger partial charge < -0.3 is 10.6 Å². The molecule has 4 amide bonds. The first-order valence-corrected chi connectivity index (χ1v) is 6.44. The van der Waals surface area contributed by atoms with Crippen LogP contribution in [0.25, 0.3) is 0 Å². The molecule has 0 radical (unpaired) electrons. The van der Waals surface area contributed by atoms with Crippen LogP contribution in [0, 0.1) is 13.8 Å². The van der Waals surface area contributed by atoms with E-state index in [2.05, 4.69) is 16.0 Å². The molecule has 20 heavy (non-hydrogen) atoms. The van der Waals surface area contributed by atoms with Crippen LogP contribution in [0.1, 0.15) is 24.0 Å². The maximum atomic E-state index is 11.8. The normalized spacial score (nSPS) is 17.6. The predicted molar refractivity (Wildman–Crippen MR) is 74.2 cm³/mol. The van der Waals surface area contributed by atoms with Crippen molar-refractivity contribution in [3.05, 3.63) is 29.3 Å². The highest BCUT2D eigenvalue weighted by Crippen LogP contribution is 2.14. The van der Waals surface area contributed by atoms with E-state index in [4.69, 9.17) is 0 Å². The molecular weight excluding hydrogens is 258 g/mol. The molecule has 0 saturated carbocycles. The first-order valence-electron chi connectivity index (χ1n) is 6.44. The van der Waals surface area contributed by atoms with Crippen LogP contribution < -0.4 is 16.0 Å². The summed E-state index contributed by atoms with van der Waals surface area (Å²) in [6, 6.07) is 4.56. The smallest absolute Gasteiger partial charge is 0.322 e. The summed E-state index contributed by atoms with van der Waals surface area (Å²) < 4.78 is 0. The molecule has 1 heterocycles. The average Bonchev–Trinajstić information content (AvgIpc) is 2.70. The van der Waals surface area contributed by atoms with Gasteiger partial charge in [0.05, 0.1) is 0 Å². The number of hydrogen-bond donors (Lipinski definition) is 3. The van der Waals surface area contributed by atoms with Crippen LogP contribution in [-0.2, 0) is 9.59 Å². The predicted octanol–water partition coefficient (Wildman–Crippen LogP) is 1.23. The van der Waals surface area contributed by atoms with Gasteiger partial charge in [0.1, 0.15) is 6.04 Å². The Balaban J connectivity index is 1.85. The van der Waals surface area contributed by atoms with Gasteiger partial charge in [-0.15, -0.1) is 0 Å². The highest BCUT2D eigenvalue weighted by Gasteiger charge is 2.29. The highest BCUT2D eigenvalue weighted by atomic mass is 16.2. The lowest BCUT2D eigenvalue weighted by Crippen LogP contribution is -2.30. The van der Waals surface area contributed by atoms with E-state index in [0.29, 0.717) is 0 Å². The van der Waals surface area contributed by atoms with Gasteiger partial charge in [-0.1, -0.05) is 6.07 Å². The molecule has 2 rings (SSSR count). The van der Waals surface area contributed by atoms with Crippen LogP contribution in [0.15, 0.2) is 18.2 Å². The zero-order valence-electron chi connectivity index (χ0n) is 11.4. The fraction of sp³-hybridized carbons (Fsp3) is 0.357. The fourth-order valence-corrected chi connectivity index (χ4v) is 1.98. The van der Waals surface area contributed by atoms with Gasteiger partial charge in [-0.05, 0) is 43.5 Å². The summed E-state index contributed by atoms with van der Waals surface area (Å²) >= 11 is 0. The molecule has 0 aliphatic carbocycles. The van der Waals surface area contributed by atoms with E-state index in [1.54, 1.807) is 0 Å². The summed E-state index contributed by atoms with van der Waals surface area (Å²) in [5.41, 5.74) is 3.00. The number of benzene rings is 1. The van der Waals surface area contributed by atoms with E-state index in [1.807, 2.05) is 32.0 Å². The lowest BCUT2D eigenvalue weighted by atomic mass is 10.1. The quantitative estimate of drug-likeness (QED) is 0.722. The zero-order valence-corrected chi connectivity index (χ0v) is 11.4. The van der Waals surface area contributed by atoms with Crippen molar-refractivity contribution in [3.8, 4) is 0 Å². The number of amides is 4. The molecule has 1 saturated heterocycles. The van der Waals surface area contributed by atoms with Gasteiger partial charge in [0.15, 0.2) is 0 Å². The molecule has 106 valence electrons. The Morgan fingerprint density at radius 1 is 1.25 bits per heavy atom. The maximum absolute atomic E-state index is 11.8. The number of hydrogen-bond acceptors (Lipinski definition) is 3. The topological polar surface area (TPSA) is 87.3 Å². The number of aryl methyl sites for hydroxylation is 2. The molecular formula is C14H17N3O3. The van der Waals surface area contributed by atoms with Gasteiger partial charge in [-0.3, -0.25) is 14.9 Å². The number of carbonyl (C=O) groups excluding carboxylic acids is 3. The Hall–Kier alpha value is -2.37. The van der Waals surface area contributed by atoms with Crippen LogP contribution in [0.3, 0.4) is 0 Å². The summed E-state index contributed by atoms with van der Waals surface area (Å²) in [6.07, 6.45) is 0.458. The van der Waals surface area contributed by atoms with Crippen LogP contribution in [-0.4, -0.2) is 23.9 Å². The third-order valence-electron chi connectivity index (χ3n) is 3.31. The van der Waals surface area contributed by atoms with Crippen molar-refractivity contribution < 1.29 is 14.4 Å². The van der Waals surface area contributed by atoms with E-state index >= 15 is 0 Å². The summed E-state index contributed by atoms with van der Waals surface area (Å²) in [7, 11) is 0. The third-order valence-corrected chi connectivity index (χ3v) is 3.31. The lowest BCUT2D eigenvalue weighted by molar-refractivity contribution is -0.120. The molecule has 1 aliphatic rings. The molecule has 1 aromatic carbocycles. The Morgan fingerprint density at radius 3 is 2.60 bits per heavy atom. The van der Waals surface area contributed by atoms with E-state index in [1.165, 1.54) is 0 Å². The SMILES string of the molecule is Cc1ccc(NC(=O)CC[C@H]2NC(=O)NC2=O)cc1C. The molecule has 6 heteroatoms. The number of imide groups is 1. The molecule has 0 bridgehead atoms. The van der Waals surface area contributed by atoms with Gasteiger partial charge >= 0.3 is 6.03 Å². The van der Waals surface area contributed by atoms with Crippen LogP contribution in [0.4, 0.5) is 10.5 Å². The molecule has 1 aliphatic heterocycles. The average molecular weight is 275 g/mol. The summed E-state index contributed by atoms with van der Waals surface area (Å²) in [6.45, 7) is 3.98. The Labute approximate surface area is 116 Å². The number of carbonyl (C=O) groups is 3. The summed E-state index contributed by atoms with van der Waals surface area (Å²) in [4.78, 5) is 34.0. The molecule has 3 N–H and O–H groups in total. The van der Waals surface area contributed by atoms with Crippen LogP contribution in [0.2, 0.25) is 0 Å². The van der Waals surface area contributed by atoms with E-state index in [-0.39, 0.29) is 24.7 Å².